The summed E-state index contributed by atoms with van der Waals surface area (Å²) in [7, 11) is 3.82. The number of hydrogen-bond acceptors (Lipinski definition) is 5. The predicted molar refractivity (Wildman–Crippen MR) is 124 cm³/mol. The van der Waals surface area contributed by atoms with Gasteiger partial charge in [-0.3, -0.25) is 9.59 Å². The number of halogens is 1. The number of Topliss-reactive ketones (excluding diaryl/α,β-unsaturated/α-hetero) is 1. The number of rotatable bonds is 8. The molecule has 0 aliphatic carbocycles. The van der Waals surface area contributed by atoms with Crippen LogP contribution in [0.1, 0.15) is 30.5 Å². The molecule has 164 valence electrons. The molecule has 1 atom stereocenters. The molecule has 0 unspecified atom stereocenters. The molecule has 1 aliphatic rings. The van der Waals surface area contributed by atoms with Crippen molar-refractivity contribution in [1.82, 2.24) is 9.80 Å². The Balaban J connectivity index is 2.06. The highest BCUT2D eigenvalue weighted by molar-refractivity contribution is 9.10. The normalized spacial score (nSPS) is 18.1. The molecule has 3 rings (SSSR count). The molecular formula is C24H27BrN2O4. The Kier molecular flexibility index (Phi) is 7.51. The van der Waals surface area contributed by atoms with E-state index >= 15 is 0 Å². The number of nitrogens with zero attached hydrogens (tertiary/aromatic N) is 2. The standard InChI is InChI=1S/C24H27BrN2O4/c1-4-15-31-19-11-7-16(8-12-19)21-20(22(28)17-5-9-18(25)10-6-17)23(29)24(30)27(21)14-13-26(2)3/h5-12,21,28H,4,13-15H2,1-3H3/b22-20+/t21-/m0/s1. The molecule has 1 amide bonds. The highest BCUT2D eigenvalue weighted by Crippen LogP contribution is 2.39. The second-order valence-electron chi connectivity index (χ2n) is 7.72. The van der Waals surface area contributed by atoms with Crippen LogP contribution in [0.25, 0.3) is 5.76 Å². The third kappa shape index (κ3) is 5.17. The highest BCUT2D eigenvalue weighted by Gasteiger charge is 2.45. The lowest BCUT2D eigenvalue weighted by Gasteiger charge is -2.26. The third-order valence-corrected chi connectivity index (χ3v) is 5.64. The number of benzene rings is 2. The monoisotopic (exact) mass is 486 g/mol. The smallest absolute Gasteiger partial charge is 0.295 e. The van der Waals surface area contributed by atoms with Gasteiger partial charge in [0, 0.05) is 23.1 Å². The van der Waals surface area contributed by atoms with Crippen LogP contribution in [0.5, 0.6) is 5.75 Å². The van der Waals surface area contributed by atoms with E-state index in [4.69, 9.17) is 4.74 Å². The van der Waals surface area contributed by atoms with Crippen molar-refractivity contribution in [3.63, 3.8) is 0 Å². The van der Waals surface area contributed by atoms with Gasteiger partial charge < -0.3 is 19.6 Å². The van der Waals surface area contributed by atoms with Gasteiger partial charge in [0.2, 0.25) is 0 Å². The summed E-state index contributed by atoms with van der Waals surface area (Å²) in [5.74, 6) is -0.717. The first-order chi connectivity index (χ1) is 14.8. The molecular weight excluding hydrogens is 460 g/mol. The summed E-state index contributed by atoms with van der Waals surface area (Å²) in [6.45, 7) is 3.62. The van der Waals surface area contributed by atoms with E-state index in [1.165, 1.54) is 4.90 Å². The topological polar surface area (TPSA) is 70.1 Å². The van der Waals surface area contributed by atoms with Gasteiger partial charge in [0.15, 0.2) is 0 Å². The Morgan fingerprint density at radius 3 is 2.32 bits per heavy atom. The molecule has 2 aromatic carbocycles. The van der Waals surface area contributed by atoms with Crippen LogP contribution in [0.15, 0.2) is 58.6 Å². The van der Waals surface area contributed by atoms with Gasteiger partial charge in [0.05, 0.1) is 18.2 Å². The van der Waals surface area contributed by atoms with Gasteiger partial charge in [-0.25, -0.2) is 0 Å². The fourth-order valence-corrected chi connectivity index (χ4v) is 3.76. The molecule has 1 N–H and O–H groups in total. The van der Waals surface area contributed by atoms with Gasteiger partial charge in [-0.2, -0.15) is 0 Å². The van der Waals surface area contributed by atoms with Gasteiger partial charge in [0.1, 0.15) is 11.5 Å². The van der Waals surface area contributed by atoms with Gasteiger partial charge in [-0.15, -0.1) is 0 Å². The minimum Gasteiger partial charge on any atom is -0.507 e. The first-order valence-corrected chi connectivity index (χ1v) is 11.0. The average molecular weight is 487 g/mol. The first kappa shape index (κ1) is 23.0. The molecule has 1 aliphatic heterocycles. The van der Waals surface area contributed by atoms with Crippen LogP contribution < -0.4 is 4.74 Å². The quantitative estimate of drug-likeness (QED) is 0.343. The number of hydrogen-bond donors (Lipinski definition) is 1. The Labute approximate surface area is 191 Å². The zero-order valence-corrected chi connectivity index (χ0v) is 19.6. The molecule has 0 aromatic heterocycles. The fourth-order valence-electron chi connectivity index (χ4n) is 3.49. The van der Waals surface area contributed by atoms with Crippen LogP contribution in [0.3, 0.4) is 0 Å². The van der Waals surface area contributed by atoms with Crippen LogP contribution in [0.4, 0.5) is 0 Å². The molecule has 1 fully saturated rings. The summed E-state index contributed by atoms with van der Waals surface area (Å²) in [5, 5.41) is 11.0. The lowest BCUT2D eigenvalue weighted by molar-refractivity contribution is -0.140. The Morgan fingerprint density at radius 1 is 1.10 bits per heavy atom. The molecule has 6 nitrogen and oxygen atoms in total. The van der Waals surface area contributed by atoms with Gasteiger partial charge in [0.25, 0.3) is 11.7 Å². The summed E-state index contributed by atoms with van der Waals surface area (Å²) >= 11 is 3.37. The Morgan fingerprint density at radius 2 is 1.74 bits per heavy atom. The van der Waals surface area contributed by atoms with E-state index in [-0.39, 0.29) is 11.3 Å². The minimum absolute atomic E-state index is 0.105. The van der Waals surface area contributed by atoms with Crippen molar-refractivity contribution >= 4 is 33.4 Å². The lowest BCUT2D eigenvalue weighted by atomic mass is 9.95. The van der Waals surface area contributed by atoms with Crippen LogP contribution in [-0.4, -0.2) is 60.4 Å². The second-order valence-corrected chi connectivity index (χ2v) is 8.64. The maximum atomic E-state index is 13.0. The average Bonchev–Trinajstić information content (AvgIpc) is 3.01. The number of aliphatic hydroxyl groups excluding tert-OH is 1. The maximum absolute atomic E-state index is 13.0. The summed E-state index contributed by atoms with van der Waals surface area (Å²) in [6, 6.07) is 13.7. The third-order valence-electron chi connectivity index (χ3n) is 5.11. The summed E-state index contributed by atoms with van der Waals surface area (Å²) in [5.41, 5.74) is 1.34. The molecule has 7 heteroatoms. The van der Waals surface area contributed by atoms with Crippen LogP contribution >= 0.6 is 15.9 Å². The van der Waals surface area contributed by atoms with E-state index in [0.29, 0.717) is 25.3 Å². The molecule has 1 heterocycles. The van der Waals surface area contributed by atoms with Gasteiger partial charge >= 0.3 is 0 Å². The molecule has 0 bridgehead atoms. The summed E-state index contributed by atoms with van der Waals surface area (Å²) in [4.78, 5) is 29.4. The number of likely N-dealkylation sites (tertiary alicyclic amines) is 1. The Bertz CT molecular complexity index is 968. The summed E-state index contributed by atoms with van der Waals surface area (Å²) in [6.07, 6.45) is 0.902. The van der Waals surface area contributed by atoms with Gasteiger partial charge in [-0.05, 0) is 50.3 Å². The number of ketones is 1. The maximum Gasteiger partial charge on any atom is 0.295 e. The van der Waals surface area contributed by atoms with Crippen molar-refractivity contribution in [1.29, 1.82) is 0 Å². The first-order valence-electron chi connectivity index (χ1n) is 10.2. The number of carbonyl (C=O) groups is 2. The molecule has 0 saturated carbocycles. The molecule has 1 saturated heterocycles. The van der Waals surface area contributed by atoms with Crippen molar-refractivity contribution in [3.05, 3.63) is 69.7 Å². The number of ether oxygens (including phenoxy) is 1. The molecule has 2 aromatic rings. The second kappa shape index (κ2) is 10.1. The highest BCUT2D eigenvalue weighted by atomic mass is 79.9. The number of likely N-dealkylation sites (N-methyl/N-ethyl adjacent to an activating group) is 1. The van der Waals surface area contributed by atoms with Crippen LogP contribution in [0.2, 0.25) is 0 Å². The zero-order valence-electron chi connectivity index (χ0n) is 18.0. The number of aliphatic hydroxyl groups is 1. The number of carbonyl (C=O) groups excluding carboxylic acids is 2. The van der Waals surface area contributed by atoms with E-state index in [1.807, 2.05) is 50.2 Å². The van der Waals surface area contributed by atoms with Crippen molar-refractivity contribution in [3.8, 4) is 5.75 Å². The van der Waals surface area contributed by atoms with E-state index in [0.717, 1.165) is 22.2 Å². The largest absolute Gasteiger partial charge is 0.507 e. The Hall–Kier alpha value is -2.64. The lowest BCUT2D eigenvalue weighted by Crippen LogP contribution is -2.35. The fraction of sp³-hybridized carbons (Fsp3) is 0.333. The van der Waals surface area contributed by atoms with Crippen molar-refractivity contribution in [2.75, 3.05) is 33.8 Å². The predicted octanol–water partition coefficient (Wildman–Crippen LogP) is 4.22. The van der Waals surface area contributed by atoms with Crippen LogP contribution in [0, 0.1) is 0 Å². The minimum atomic E-state index is -0.671. The molecule has 0 radical (unpaired) electrons. The zero-order chi connectivity index (χ0) is 22.5. The van der Waals surface area contributed by atoms with E-state index in [2.05, 4.69) is 15.9 Å². The van der Waals surface area contributed by atoms with E-state index in [1.54, 1.807) is 24.3 Å². The van der Waals surface area contributed by atoms with Crippen molar-refractivity contribution in [2.24, 2.45) is 0 Å². The number of amides is 1. The van der Waals surface area contributed by atoms with E-state index in [9.17, 15) is 14.7 Å². The molecule has 0 spiro atoms. The summed E-state index contributed by atoms with van der Waals surface area (Å²) < 4.78 is 6.51. The van der Waals surface area contributed by atoms with Crippen molar-refractivity contribution < 1.29 is 19.4 Å². The van der Waals surface area contributed by atoms with Gasteiger partial charge in [-0.1, -0.05) is 47.1 Å². The molecule has 31 heavy (non-hydrogen) atoms. The SMILES string of the molecule is CCCOc1ccc([C@H]2/C(=C(\O)c3ccc(Br)cc3)C(=O)C(=O)N2CCN(C)C)cc1. The van der Waals surface area contributed by atoms with Crippen molar-refractivity contribution in [2.45, 2.75) is 19.4 Å². The van der Waals surface area contributed by atoms with Crippen LogP contribution in [-0.2, 0) is 9.59 Å². The van der Waals surface area contributed by atoms with E-state index < -0.39 is 17.7 Å².